The Morgan fingerprint density at radius 1 is 1.12 bits per heavy atom. The lowest BCUT2D eigenvalue weighted by atomic mass is 10.1. The van der Waals surface area contributed by atoms with E-state index in [-0.39, 0.29) is 35.4 Å². The number of aryl methyl sites for hydroxylation is 1. The normalized spacial score (nSPS) is 16.5. The quantitative estimate of drug-likeness (QED) is 0.443. The highest BCUT2D eigenvalue weighted by molar-refractivity contribution is 5.76. The smallest absolute Gasteiger partial charge is 0.329 e. The van der Waals surface area contributed by atoms with Gasteiger partial charge in [0, 0.05) is 30.8 Å². The number of imidazole rings is 1. The summed E-state index contributed by atoms with van der Waals surface area (Å²) in [6.07, 6.45) is -2.20. The van der Waals surface area contributed by atoms with Gasteiger partial charge in [-0.2, -0.15) is 8.78 Å². The van der Waals surface area contributed by atoms with Crippen molar-refractivity contribution in [3.05, 3.63) is 70.2 Å². The molecule has 34 heavy (non-hydrogen) atoms. The number of hydrogen-bond acceptors (Lipinski definition) is 6. The summed E-state index contributed by atoms with van der Waals surface area (Å²) in [5.41, 5.74) is 1.65. The maximum atomic E-state index is 14.9. The van der Waals surface area contributed by atoms with Crippen molar-refractivity contribution in [3.63, 3.8) is 0 Å². The highest BCUT2D eigenvalue weighted by Gasteiger charge is 2.20. The summed E-state index contributed by atoms with van der Waals surface area (Å²) in [6, 6.07) is 11.5. The van der Waals surface area contributed by atoms with Crippen LogP contribution in [0.2, 0.25) is 0 Å². The Labute approximate surface area is 192 Å². The van der Waals surface area contributed by atoms with E-state index in [2.05, 4.69) is 15.5 Å². The molecule has 0 bridgehead atoms. The van der Waals surface area contributed by atoms with Gasteiger partial charge in [-0.3, -0.25) is 9.13 Å². The van der Waals surface area contributed by atoms with Crippen LogP contribution in [-0.4, -0.2) is 45.1 Å². The predicted molar refractivity (Wildman–Crippen MR) is 117 cm³/mol. The molecule has 0 saturated carbocycles. The molecule has 178 valence electrons. The van der Waals surface area contributed by atoms with E-state index in [1.807, 2.05) is 24.3 Å². The van der Waals surface area contributed by atoms with Gasteiger partial charge in [0.1, 0.15) is 5.82 Å². The van der Waals surface area contributed by atoms with Crippen molar-refractivity contribution in [1.82, 2.24) is 24.6 Å². The summed E-state index contributed by atoms with van der Waals surface area (Å²) < 4.78 is 54.2. The van der Waals surface area contributed by atoms with Gasteiger partial charge in [0.25, 0.3) is 5.89 Å². The number of alkyl halides is 2. The molecular weight excluding hydrogens is 451 g/mol. The minimum absolute atomic E-state index is 0.00601. The molecule has 0 radical (unpaired) electrons. The van der Waals surface area contributed by atoms with Crippen molar-refractivity contribution in [2.75, 3.05) is 19.7 Å². The lowest BCUT2D eigenvalue weighted by molar-refractivity contribution is 0.0211. The number of fused-ring (bicyclic) bond motifs is 1. The first-order valence-corrected chi connectivity index (χ1v) is 10.9. The van der Waals surface area contributed by atoms with Gasteiger partial charge in [-0.25, -0.2) is 9.18 Å². The van der Waals surface area contributed by atoms with Crippen LogP contribution in [0.3, 0.4) is 0 Å². The molecule has 1 N–H and O–H groups in total. The number of benzene rings is 2. The van der Waals surface area contributed by atoms with Gasteiger partial charge in [-0.05, 0) is 30.7 Å². The van der Waals surface area contributed by atoms with E-state index < -0.39 is 18.1 Å². The molecule has 0 spiro atoms. The number of nitrogens with zero attached hydrogens (tertiary/aromatic N) is 4. The number of morpholine rings is 1. The fraction of sp³-hybridized carbons (Fsp3) is 0.348. The molecule has 0 aliphatic carbocycles. The number of para-hydroxylation sites is 2. The first-order chi connectivity index (χ1) is 16.5. The third-order valence-electron chi connectivity index (χ3n) is 5.86. The Balaban J connectivity index is 1.42. The van der Waals surface area contributed by atoms with Crippen molar-refractivity contribution in [1.29, 1.82) is 0 Å². The van der Waals surface area contributed by atoms with E-state index in [0.29, 0.717) is 25.1 Å². The number of aromatic nitrogens is 4. The van der Waals surface area contributed by atoms with E-state index in [1.165, 1.54) is 16.7 Å². The van der Waals surface area contributed by atoms with Crippen LogP contribution in [0, 0.1) is 5.82 Å². The Bertz CT molecular complexity index is 1360. The monoisotopic (exact) mass is 473 g/mol. The first-order valence-electron chi connectivity index (χ1n) is 10.9. The molecule has 1 aliphatic heterocycles. The van der Waals surface area contributed by atoms with Crippen LogP contribution in [0.5, 0.6) is 0 Å². The average molecular weight is 473 g/mol. The number of ether oxygens (including phenoxy) is 1. The van der Waals surface area contributed by atoms with Crippen LogP contribution in [0.25, 0.3) is 22.5 Å². The summed E-state index contributed by atoms with van der Waals surface area (Å²) >= 11 is 0. The lowest BCUT2D eigenvalue weighted by Crippen LogP contribution is -2.39. The Morgan fingerprint density at radius 2 is 1.91 bits per heavy atom. The molecule has 8 nitrogen and oxygen atoms in total. The van der Waals surface area contributed by atoms with Gasteiger partial charge in [0.2, 0.25) is 5.89 Å². The van der Waals surface area contributed by atoms with Crippen molar-refractivity contribution in [3.8, 4) is 11.5 Å². The summed E-state index contributed by atoms with van der Waals surface area (Å²) in [7, 11) is 0. The van der Waals surface area contributed by atoms with E-state index in [9.17, 15) is 18.0 Å². The Morgan fingerprint density at radius 3 is 2.59 bits per heavy atom. The lowest BCUT2D eigenvalue weighted by Gasteiger charge is -2.23. The maximum Gasteiger partial charge on any atom is 0.329 e. The molecule has 1 fully saturated rings. The van der Waals surface area contributed by atoms with Crippen LogP contribution < -0.4 is 11.0 Å². The minimum Gasteiger partial charge on any atom is -0.415 e. The van der Waals surface area contributed by atoms with Crippen LogP contribution in [0.1, 0.15) is 24.3 Å². The van der Waals surface area contributed by atoms with Gasteiger partial charge in [-0.15, -0.1) is 10.2 Å². The largest absolute Gasteiger partial charge is 0.415 e. The molecular formula is C23H22F3N5O3. The Kier molecular flexibility index (Phi) is 6.20. The van der Waals surface area contributed by atoms with Crippen molar-refractivity contribution >= 4 is 11.0 Å². The van der Waals surface area contributed by atoms with Gasteiger partial charge in [0.05, 0.1) is 30.3 Å². The van der Waals surface area contributed by atoms with Crippen LogP contribution in [-0.2, 0) is 17.8 Å². The second-order valence-corrected chi connectivity index (χ2v) is 8.05. The van der Waals surface area contributed by atoms with Crippen molar-refractivity contribution in [2.24, 2.45) is 0 Å². The first kappa shape index (κ1) is 22.4. The molecule has 1 aliphatic rings. The molecule has 1 atom stereocenters. The number of halogens is 3. The van der Waals surface area contributed by atoms with Gasteiger partial charge >= 0.3 is 12.1 Å². The summed E-state index contributed by atoms with van der Waals surface area (Å²) in [5.74, 6) is -1.64. The van der Waals surface area contributed by atoms with E-state index in [4.69, 9.17) is 9.15 Å². The third kappa shape index (κ3) is 4.36. The second kappa shape index (κ2) is 9.43. The molecule has 3 heterocycles. The van der Waals surface area contributed by atoms with Crippen LogP contribution >= 0.6 is 0 Å². The highest BCUT2D eigenvalue weighted by atomic mass is 19.3. The zero-order valence-corrected chi connectivity index (χ0v) is 18.1. The van der Waals surface area contributed by atoms with E-state index in [0.717, 1.165) is 24.7 Å². The summed E-state index contributed by atoms with van der Waals surface area (Å²) in [5, 5.41) is 10.1. The standard InChI is InChI=1S/C23H22F3N5O3/c24-17-11-14(21-28-29-22(34-21)20(25)26)5-6-15(17)13-31-19-4-2-1-3-18(19)30(23(31)32)9-7-16-12-27-8-10-33-16/h1-6,11,16,20,27H,7-10,12-13H2. The average Bonchev–Trinajstić information content (AvgIpc) is 3.44. The maximum absolute atomic E-state index is 14.9. The fourth-order valence-electron chi connectivity index (χ4n) is 4.14. The summed E-state index contributed by atoms with van der Waals surface area (Å²) in [6.45, 7) is 2.68. The molecule has 2 aromatic carbocycles. The highest BCUT2D eigenvalue weighted by Crippen LogP contribution is 2.25. The topological polar surface area (TPSA) is 87.1 Å². The fourth-order valence-corrected chi connectivity index (χ4v) is 4.14. The third-order valence-corrected chi connectivity index (χ3v) is 5.86. The molecule has 5 rings (SSSR count). The molecule has 2 aromatic heterocycles. The van der Waals surface area contributed by atoms with E-state index >= 15 is 0 Å². The molecule has 0 amide bonds. The van der Waals surface area contributed by atoms with Gasteiger partial charge in [0.15, 0.2) is 0 Å². The summed E-state index contributed by atoms with van der Waals surface area (Å²) in [4.78, 5) is 13.3. The molecule has 4 aromatic rings. The number of hydrogen-bond donors (Lipinski definition) is 1. The van der Waals surface area contributed by atoms with Crippen molar-refractivity contribution < 1.29 is 22.3 Å². The van der Waals surface area contributed by atoms with Crippen molar-refractivity contribution in [2.45, 2.75) is 32.0 Å². The van der Waals surface area contributed by atoms with Gasteiger partial charge in [-0.1, -0.05) is 18.2 Å². The number of rotatable bonds is 7. The van der Waals surface area contributed by atoms with Crippen LogP contribution in [0.4, 0.5) is 13.2 Å². The Hall–Kier alpha value is -3.44. The SMILES string of the molecule is O=c1n(CCC2CNCCO2)c2ccccc2n1Cc1ccc(-c2nnc(C(F)F)o2)cc1F. The van der Waals surface area contributed by atoms with E-state index in [1.54, 1.807) is 4.57 Å². The molecule has 1 unspecified atom stereocenters. The molecule has 1 saturated heterocycles. The van der Waals surface area contributed by atoms with Gasteiger partial charge < -0.3 is 14.5 Å². The zero-order chi connectivity index (χ0) is 23.7. The minimum atomic E-state index is -2.91. The second-order valence-electron chi connectivity index (χ2n) is 8.05. The predicted octanol–water partition coefficient (Wildman–Crippen LogP) is 3.36. The van der Waals surface area contributed by atoms with Crippen LogP contribution in [0.15, 0.2) is 51.7 Å². The zero-order valence-electron chi connectivity index (χ0n) is 18.1. The number of nitrogens with one attached hydrogen (secondary N) is 1. The molecule has 11 heteroatoms.